The lowest BCUT2D eigenvalue weighted by atomic mass is 9.82. The van der Waals surface area contributed by atoms with Crippen LogP contribution < -0.4 is 0 Å². The van der Waals surface area contributed by atoms with Crippen LogP contribution in [0.2, 0.25) is 5.54 Å². The van der Waals surface area contributed by atoms with E-state index in [1.54, 1.807) is 0 Å². The van der Waals surface area contributed by atoms with Gasteiger partial charge >= 0.3 is 8.72 Å². The quantitative estimate of drug-likeness (QED) is 0.646. The van der Waals surface area contributed by atoms with Crippen LogP contribution in [-0.2, 0) is 8.85 Å². The highest BCUT2D eigenvalue weighted by Gasteiger charge is 2.61. The average molecular weight is 340 g/mol. The first kappa shape index (κ1) is 17.9. The Bertz CT molecular complexity index is 376. The summed E-state index contributed by atoms with van der Waals surface area (Å²) in [7, 11) is -2.33. The van der Waals surface area contributed by atoms with Crippen LogP contribution >= 0.6 is 0 Å². The van der Waals surface area contributed by atoms with Gasteiger partial charge in [0.1, 0.15) is 0 Å². The Morgan fingerprint density at radius 1 is 0.826 bits per heavy atom. The fourth-order valence-electron chi connectivity index (χ4n) is 6.00. The SMILES string of the molecule is CCO[Si](OCC)(C1CCC2CCCCC21)N1C(C)CCC1C. The maximum absolute atomic E-state index is 6.67. The molecule has 2 saturated carbocycles. The lowest BCUT2D eigenvalue weighted by Gasteiger charge is -2.48. The Labute approximate surface area is 144 Å². The highest BCUT2D eigenvalue weighted by molar-refractivity contribution is 6.66. The Kier molecular flexibility index (Phi) is 5.88. The van der Waals surface area contributed by atoms with Gasteiger partial charge in [-0.3, -0.25) is 4.57 Å². The van der Waals surface area contributed by atoms with Crippen molar-refractivity contribution in [2.45, 2.75) is 96.7 Å². The second-order valence-electron chi connectivity index (χ2n) is 8.07. The summed E-state index contributed by atoms with van der Waals surface area (Å²) in [5, 5.41) is 0. The first-order valence-electron chi connectivity index (χ1n) is 10.2. The number of hydrogen-bond donors (Lipinski definition) is 0. The second-order valence-corrected chi connectivity index (χ2v) is 11.2. The lowest BCUT2D eigenvalue weighted by Crippen LogP contribution is -2.65. The Morgan fingerprint density at radius 3 is 2.04 bits per heavy atom. The standard InChI is InChI=1S/C19H37NO2Si/c1-5-21-23(22-6-2,20-15(3)11-12-16(20)4)19-14-13-17-9-7-8-10-18(17)19/h15-19H,5-14H2,1-4H3. The minimum absolute atomic E-state index is 0.623. The Morgan fingerprint density at radius 2 is 1.43 bits per heavy atom. The second kappa shape index (κ2) is 7.55. The molecule has 0 amide bonds. The molecule has 1 heterocycles. The van der Waals surface area contributed by atoms with Crippen LogP contribution in [0.15, 0.2) is 0 Å². The van der Waals surface area contributed by atoms with Gasteiger partial charge in [-0.05, 0) is 71.6 Å². The van der Waals surface area contributed by atoms with Crippen molar-refractivity contribution in [3.05, 3.63) is 0 Å². The summed E-state index contributed by atoms with van der Waals surface area (Å²) in [5.74, 6) is 1.82. The summed E-state index contributed by atoms with van der Waals surface area (Å²) in [6, 6.07) is 1.25. The van der Waals surface area contributed by atoms with Crippen LogP contribution in [0.25, 0.3) is 0 Å². The molecule has 5 atom stereocenters. The van der Waals surface area contributed by atoms with Gasteiger partial charge in [-0.15, -0.1) is 0 Å². The molecular weight excluding hydrogens is 302 g/mol. The van der Waals surface area contributed by atoms with Gasteiger partial charge in [-0.2, -0.15) is 0 Å². The molecule has 3 fully saturated rings. The van der Waals surface area contributed by atoms with Crippen molar-refractivity contribution in [1.29, 1.82) is 0 Å². The molecule has 0 radical (unpaired) electrons. The molecule has 4 heteroatoms. The molecule has 0 spiro atoms. The van der Waals surface area contributed by atoms with E-state index in [1.807, 2.05) is 0 Å². The van der Waals surface area contributed by atoms with Gasteiger partial charge in [0.25, 0.3) is 0 Å². The van der Waals surface area contributed by atoms with Crippen LogP contribution in [0.3, 0.4) is 0 Å². The van der Waals surface area contributed by atoms with E-state index in [0.717, 1.165) is 25.0 Å². The van der Waals surface area contributed by atoms with E-state index in [9.17, 15) is 0 Å². The predicted octanol–water partition coefficient (Wildman–Crippen LogP) is 4.84. The number of rotatable bonds is 6. The zero-order valence-electron chi connectivity index (χ0n) is 15.7. The van der Waals surface area contributed by atoms with E-state index in [1.165, 1.54) is 51.4 Å². The van der Waals surface area contributed by atoms with Crippen molar-refractivity contribution < 1.29 is 8.85 Å². The van der Waals surface area contributed by atoms with Crippen LogP contribution in [0, 0.1) is 11.8 Å². The van der Waals surface area contributed by atoms with E-state index in [4.69, 9.17) is 8.85 Å². The van der Waals surface area contributed by atoms with Gasteiger partial charge in [-0.25, -0.2) is 0 Å². The molecule has 5 unspecified atom stereocenters. The van der Waals surface area contributed by atoms with Crippen LogP contribution in [0.4, 0.5) is 0 Å². The minimum Gasteiger partial charge on any atom is -0.383 e. The third-order valence-corrected chi connectivity index (χ3v) is 11.5. The zero-order valence-corrected chi connectivity index (χ0v) is 16.7. The molecule has 0 aromatic rings. The average Bonchev–Trinajstić information content (AvgIpc) is 3.11. The normalized spacial score (nSPS) is 38.9. The summed E-state index contributed by atoms with van der Waals surface area (Å²) < 4.78 is 16.1. The van der Waals surface area contributed by atoms with Crippen LogP contribution in [0.5, 0.6) is 0 Å². The van der Waals surface area contributed by atoms with Crippen LogP contribution in [-0.4, -0.2) is 38.6 Å². The highest BCUT2D eigenvalue weighted by Crippen LogP contribution is 2.55. The van der Waals surface area contributed by atoms with E-state index in [2.05, 4.69) is 32.3 Å². The third kappa shape index (κ3) is 3.17. The van der Waals surface area contributed by atoms with Crippen molar-refractivity contribution in [2.24, 2.45) is 11.8 Å². The van der Waals surface area contributed by atoms with Crippen LogP contribution in [0.1, 0.15) is 79.1 Å². The molecular formula is C19H37NO2Si. The molecule has 3 nitrogen and oxygen atoms in total. The van der Waals surface area contributed by atoms with Gasteiger partial charge in [0.05, 0.1) is 0 Å². The molecule has 3 rings (SSSR count). The summed E-state index contributed by atoms with van der Waals surface area (Å²) in [5.41, 5.74) is 0.690. The van der Waals surface area contributed by atoms with Crippen molar-refractivity contribution in [2.75, 3.05) is 13.2 Å². The number of hydrogen-bond acceptors (Lipinski definition) is 3. The van der Waals surface area contributed by atoms with Gasteiger partial charge in [0.15, 0.2) is 0 Å². The zero-order chi connectivity index (χ0) is 16.4. The van der Waals surface area contributed by atoms with Gasteiger partial charge < -0.3 is 8.85 Å². The summed E-state index contributed by atoms with van der Waals surface area (Å²) in [6.07, 6.45) is 11.1. The van der Waals surface area contributed by atoms with Crippen molar-refractivity contribution >= 4 is 8.72 Å². The smallest absolute Gasteiger partial charge is 0.383 e. The number of fused-ring (bicyclic) bond motifs is 1. The summed E-state index contributed by atoms with van der Waals surface area (Å²) >= 11 is 0. The molecule has 0 N–H and O–H groups in total. The first-order valence-corrected chi connectivity index (χ1v) is 12.0. The fourth-order valence-corrected chi connectivity index (χ4v) is 11.0. The molecule has 2 aliphatic carbocycles. The third-order valence-electron chi connectivity index (χ3n) is 6.82. The molecule has 0 aromatic heterocycles. The highest BCUT2D eigenvalue weighted by atomic mass is 28.4. The van der Waals surface area contributed by atoms with Crippen molar-refractivity contribution in [3.8, 4) is 0 Å². The molecule has 23 heavy (non-hydrogen) atoms. The molecule has 134 valence electrons. The van der Waals surface area contributed by atoms with E-state index in [0.29, 0.717) is 17.6 Å². The van der Waals surface area contributed by atoms with E-state index >= 15 is 0 Å². The van der Waals surface area contributed by atoms with Gasteiger partial charge in [0, 0.05) is 30.8 Å². The van der Waals surface area contributed by atoms with Gasteiger partial charge in [-0.1, -0.05) is 19.3 Å². The predicted molar refractivity (Wildman–Crippen MR) is 97.4 cm³/mol. The largest absolute Gasteiger partial charge is 0.431 e. The maximum Gasteiger partial charge on any atom is 0.431 e. The fraction of sp³-hybridized carbons (Fsp3) is 1.00. The molecule has 1 aliphatic heterocycles. The molecule has 3 aliphatic rings. The summed E-state index contributed by atoms with van der Waals surface area (Å²) in [4.78, 5) is 0. The molecule has 0 aromatic carbocycles. The molecule has 1 saturated heterocycles. The van der Waals surface area contributed by atoms with E-state index < -0.39 is 8.72 Å². The monoisotopic (exact) mass is 339 g/mol. The van der Waals surface area contributed by atoms with Crippen molar-refractivity contribution in [1.82, 2.24) is 4.57 Å². The molecule has 0 bridgehead atoms. The topological polar surface area (TPSA) is 21.7 Å². The Balaban J connectivity index is 1.93. The van der Waals surface area contributed by atoms with Gasteiger partial charge in [0.2, 0.25) is 0 Å². The summed E-state index contributed by atoms with van der Waals surface area (Å²) in [6.45, 7) is 10.7. The van der Waals surface area contributed by atoms with Crippen molar-refractivity contribution in [3.63, 3.8) is 0 Å². The van der Waals surface area contributed by atoms with E-state index in [-0.39, 0.29) is 0 Å². The maximum atomic E-state index is 6.67. The first-order chi connectivity index (χ1) is 11.1. The lowest BCUT2D eigenvalue weighted by molar-refractivity contribution is 0.0834. The number of nitrogens with zero attached hydrogens (tertiary/aromatic N) is 1. The Hall–Kier alpha value is 0.0969. The minimum atomic E-state index is -2.33.